The number of hydrogen-bond donors (Lipinski definition) is 0. The fourth-order valence-electron chi connectivity index (χ4n) is 2.18. The van der Waals surface area contributed by atoms with Crippen LogP contribution >= 0.6 is 0 Å². The highest BCUT2D eigenvalue weighted by atomic mass is 16.7. The van der Waals surface area contributed by atoms with Gasteiger partial charge in [0.25, 0.3) is 0 Å². The average molecular weight is 276 g/mol. The van der Waals surface area contributed by atoms with Crippen LogP contribution in [0.5, 0.6) is 5.75 Å². The predicted molar refractivity (Wildman–Crippen MR) is 76.7 cm³/mol. The quantitative estimate of drug-likeness (QED) is 0.619. The standard InChI is InChI=1S/C16H20O4/c1-4-13-6-8-14(9-7-13)20-15(17)19-12(2)16(3)10-5-11-18-16/h4,6-9,12H,1,5,10-11H2,2-3H3. The third-order valence-corrected chi connectivity index (χ3v) is 3.70. The first-order valence-corrected chi connectivity index (χ1v) is 6.78. The molecule has 0 spiro atoms. The van der Waals surface area contributed by atoms with E-state index in [4.69, 9.17) is 14.2 Å². The summed E-state index contributed by atoms with van der Waals surface area (Å²) in [6.45, 7) is 8.16. The van der Waals surface area contributed by atoms with E-state index in [0.717, 1.165) is 18.4 Å². The number of hydrogen-bond acceptors (Lipinski definition) is 4. The van der Waals surface area contributed by atoms with Crippen molar-refractivity contribution in [3.05, 3.63) is 36.4 Å². The molecular formula is C16H20O4. The molecular weight excluding hydrogens is 256 g/mol. The van der Waals surface area contributed by atoms with Gasteiger partial charge in [-0.25, -0.2) is 4.79 Å². The Bertz CT molecular complexity index is 472. The summed E-state index contributed by atoms with van der Waals surface area (Å²) < 4.78 is 16.1. The first kappa shape index (κ1) is 14.6. The number of ether oxygens (including phenoxy) is 3. The van der Waals surface area contributed by atoms with Gasteiger partial charge in [-0.1, -0.05) is 24.8 Å². The van der Waals surface area contributed by atoms with Gasteiger partial charge in [-0.3, -0.25) is 0 Å². The lowest BCUT2D eigenvalue weighted by Crippen LogP contribution is -2.40. The first-order valence-electron chi connectivity index (χ1n) is 6.78. The molecule has 1 aromatic carbocycles. The Morgan fingerprint density at radius 1 is 1.45 bits per heavy atom. The maximum Gasteiger partial charge on any atom is 0.514 e. The first-order chi connectivity index (χ1) is 9.53. The van der Waals surface area contributed by atoms with Crippen LogP contribution in [0.1, 0.15) is 32.3 Å². The molecule has 1 saturated heterocycles. The molecule has 0 radical (unpaired) electrons. The molecule has 1 aliphatic rings. The van der Waals surface area contributed by atoms with Crippen molar-refractivity contribution >= 4 is 12.2 Å². The highest BCUT2D eigenvalue weighted by Gasteiger charge is 2.38. The summed E-state index contributed by atoms with van der Waals surface area (Å²) in [5, 5.41) is 0. The van der Waals surface area contributed by atoms with E-state index >= 15 is 0 Å². The topological polar surface area (TPSA) is 44.8 Å². The molecule has 20 heavy (non-hydrogen) atoms. The second-order valence-corrected chi connectivity index (χ2v) is 5.15. The second kappa shape index (κ2) is 6.09. The smallest absolute Gasteiger partial charge is 0.428 e. The molecule has 0 bridgehead atoms. The SMILES string of the molecule is C=Cc1ccc(OC(=O)OC(C)C2(C)CCCO2)cc1. The molecule has 0 aromatic heterocycles. The van der Waals surface area contributed by atoms with Gasteiger partial charge in [-0.05, 0) is 44.4 Å². The maximum atomic E-state index is 11.8. The molecule has 2 unspecified atom stereocenters. The molecule has 2 rings (SSSR count). The van der Waals surface area contributed by atoms with Gasteiger partial charge in [0.15, 0.2) is 0 Å². The summed E-state index contributed by atoms with van der Waals surface area (Å²) in [7, 11) is 0. The largest absolute Gasteiger partial charge is 0.514 e. The van der Waals surface area contributed by atoms with Crippen LogP contribution < -0.4 is 4.74 Å². The van der Waals surface area contributed by atoms with Crippen molar-refractivity contribution in [2.75, 3.05) is 6.61 Å². The monoisotopic (exact) mass is 276 g/mol. The minimum Gasteiger partial charge on any atom is -0.428 e. The zero-order valence-corrected chi connectivity index (χ0v) is 11.9. The number of carbonyl (C=O) groups is 1. The molecule has 1 aromatic rings. The highest BCUT2D eigenvalue weighted by Crippen LogP contribution is 2.30. The van der Waals surface area contributed by atoms with Gasteiger partial charge >= 0.3 is 6.16 Å². The van der Waals surface area contributed by atoms with Crippen LogP contribution in [0.3, 0.4) is 0 Å². The molecule has 1 aliphatic heterocycles. The van der Waals surface area contributed by atoms with Crippen molar-refractivity contribution in [3.8, 4) is 5.75 Å². The Morgan fingerprint density at radius 3 is 2.70 bits per heavy atom. The Balaban J connectivity index is 1.89. The summed E-state index contributed by atoms with van der Waals surface area (Å²) in [5.41, 5.74) is 0.553. The van der Waals surface area contributed by atoms with E-state index in [-0.39, 0.29) is 6.10 Å². The van der Waals surface area contributed by atoms with Crippen molar-refractivity contribution in [2.45, 2.75) is 38.4 Å². The van der Waals surface area contributed by atoms with Crippen LogP contribution in [0.4, 0.5) is 4.79 Å². The number of rotatable bonds is 4. The molecule has 108 valence electrons. The van der Waals surface area contributed by atoms with Crippen LogP contribution in [-0.4, -0.2) is 24.5 Å². The third kappa shape index (κ3) is 3.39. The van der Waals surface area contributed by atoms with E-state index in [9.17, 15) is 4.79 Å². The zero-order chi connectivity index (χ0) is 14.6. The van der Waals surface area contributed by atoms with Crippen molar-refractivity contribution in [1.29, 1.82) is 0 Å². The molecule has 0 amide bonds. The number of carbonyl (C=O) groups excluding carboxylic acids is 1. The lowest BCUT2D eigenvalue weighted by Gasteiger charge is -2.29. The van der Waals surface area contributed by atoms with Crippen molar-refractivity contribution in [1.82, 2.24) is 0 Å². The summed E-state index contributed by atoms with van der Waals surface area (Å²) >= 11 is 0. The van der Waals surface area contributed by atoms with E-state index in [1.54, 1.807) is 18.2 Å². The molecule has 0 saturated carbocycles. The lowest BCUT2D eigenvalue weighted by molar-refractivity contribution is -0.0819. The zero-order valence-electron chi connectivity index (χ0n) is 11.9. The van der Waals surface area contributed by atoms with E-state index in [1.165, 1.54) is 0 Å². The summed E-state index contributed by atoms with van der Waals surface area (Å²) in [6.07, 6.45) is 2.55. The maximum absolute atomic E-state index is 11.8. The fraction of sp³-hybridized carbons (Fsp3) is 0.438. The van der Waals surface area contributed by atoms with Crippen LogP contribution in [0.2, 0.25) is 0 Å². The molecule has 0 aliphatic carbocycles. The molecule has 2 atom stereocenters. The Morgan fingerprint density at radius 2 is 2.15 bits per heavy atom. The van der Waals surface area contributed by atoms with Gasteiger partial charge < -0.3 is 14.2 Å². The second-order valence-electron chi connectivity index (χ2n) is 5.15. The van der Waals surface area contributed by atoms with Gasteiger partial charge in [-0.15, -0.1) is 0 Å². The summed E-state index contributed by atoms with van der Waals surface area (Å²) in [6, 6.07) is 7.05. The highest BCUT2D eigenvalue weighted by molar-refractivity contribution is 5.64. The van der Waals surface area contributed by atoms with Gasteiger partial charge in [0.1, 0.15) is 17.5 Å². The van der Waals surface area contributed by atoms with Gasteiger partial charge in [0.2, 0.25) is 0 Å². The van der Waals surface area contributed by atoms with Crippen LogP contribution in [0.25, 0.3) is 6.08 Å². The van der Waals surface area contributed by atoms with Crippen molar-refractivity contribution in [2.24, 2.45) is 0 Å². The van der Waals surface area contributed by atoms with Crippen LogP contribution in [-0.2, 0) is 9.47 Å². The van der Waals surface area contributed by atoms with E-state index in [0.29, 0.717) is 12.4 Å². The molecule has 4 nitrogen and oxygen atoms in total. The molecule has 4 heteroatoms. The summed E-state index contributed by atoms with van der Waals surface area (Å²) in [5.74, 6) is 0.449. The minimum absolute atomic E-state index is 0.343. The number of benzene rings is 1. The van der Waals surface area contributed by atoms with Crippen LogP contribution in [0, 0.1) is 0 Å². The van der Waals surface area contributed by atoms with E-state index in [1.807, 2.05) is 26.0 Å². The lowest BCUT2D eigenvalue weighted by atomic mass is 9.97. The fourth-order valence-corrected chi connectivity index (χ4v) is 2.18. The predicted octanol–water partition coefficient (Wildman–Crippen LogP) is 3.80. The Hall–Kier alpha value is -1.81. The van der Waals surface area contributed by atoms with Gasteiger partial charge in [0.05, 0.1) is 0 Å². The van der Waals surface area contributed by atoms with Gasteiger partial charge in [0, 0.05) is 6.61 Å². The Labute approximate surface area is 119 Å². The van der Waals surface area contributed by atoms with Crippen LogP contribution in [0.15, 0.2) is 30.8 Å². The van der Waals surface area contributed by atoms with E-state index in [2.05, 4.69) is 6.58 Å². The van der Waals surface area contributed by atoms with Crippen molar-refractivity contribution in [3.63, 3.8) is 0 Å². The van der Waals surface area contributed by atoms with Crippen molar-refractivity contribution < 1.29 is 19.0 Å². The molecule has 1 fully saturated rings. The molecule has 1 heterocycles. The molecule has 0 N–H and O–H groups in total. The van der Waals surface area contributed by atoms with E-state index < -0.39 is 11.8 Å². The van der Waals surface area contributed by atoms with Gasteiger partial charge in [-0.2, -0.15) is 0 Å². The average Bonchev–Trinajstić information content (AvgIpc) is 2.88. The third-order valence-electron chi connectivity index (χ3n) is 3.70. The summed E-state index contributed by atoms with van der Waals surface area (Å²) in [4.78, 5) is 11.8. The minimum atomic E-state index is -0.708. The normalized spacial score (nSPS) is 23.1. The Kier molecular flexibility index (Phi) is 4.45.